The number of aryl methyl sites for hydroxylation is 1. The molecular formula is C12H10F6O3S. The molecular weight excluding hydrogens is 338 g/mol. The van der Waals surface area contributed by atoms with E-state index in [0.29, 0.717) is 6.07 Å². The van der Waals surface area contributed by atoms with E-state index in [2.05, 4.69) is 9.47 Å². The molecule has 0 heterocycles. The lowest BCUT2D eigenvalue weighted by Crippen LogP contribution is -2.17. The van der Waals surface area contributed by atoms with Gasteiger partial charge >= 0.3 is 17.8 Å². The predicted molar refractivity (Wildman–Crippen MR) is 65.4 cm³/mol. The zero-order valence-corrected chi connectivity index (χ0v) is 11.9. The van der Waals surface area contributed by atoms with E-state index in [4.69, 9.17) is 0 Å². The molecule has 0 saturated heterocycles. The van der Waals surface area contributed by atoms with Crippen LogP contribution in [-0.4, -0.2) is 24.9 Å². The van der Waals surface area contributed by atoms with Gasteiger partial charge in [-0.3, -0.25) is 4.79 Å². The van der Waals surface area contributed by atoms with Crippen molar-refractivity contribution in [2.75, 3.05) is 7.11 Å². The van der Waals surface area contributed by atoms with Crippen molar-refractivity contribution in [3.63, 3.8) is 0 Å². The minimum absolute atomic E-state index is 0.0715. The number of benzene rings is 1. The van der Waals surface area contributed by atoms with Crippen LogP contribution in [0.25, 0.3) is 0 Å². The minimum atomic E-state index is -5.01. The summed E-state index contributed by atoms with van der Waals surface area (Å²) >= 11 is -0.573. The van der Waals surface area contributed by atoms with Gasteiger partial charge in [-0.25, -0.2) is 0 Å². The van der Waals surface area contributed by atoms with Gasteiger partial charge < -0.3 is 9.47 Å². The highest BCUT2D eigenvalue weighted by Crippen LogP contribution is 2.41. The molecule has 0 aliphatic carbocycles. The highest BCUT2D eigenvalue weighted by Gasteiger charge is 2.33. The molecule has 0 aliphatic heterocycles. The fraction of sp³-hybridized carbons (Fsp3) is 0.417. The van der Waals surface area contributed by atoms with Crippen LogP contribution in [0.5, 0.6) is 5.75 Å². The molecule has 3 nitrogen and oxygen atoms in total. The van der Waals surface area contributed by atoms with Crippen molar-refractivity contribution in [2.24, 2.45) is 0 Å². The van der Waals surface area contributed by atoms with Crippen LogP contribution in [-0.2, 0) is 16.0 Å². The predicted octanol–water partition coefficient (Wildman–Crippen LogP) is 4.30. The smallest absolute Gasteiger partial charge is 0.469 e. The number of carbonyl (C=O) groups is 1. The Labute approximate surface area is 125 Å². The number of halogens is 6. The number of ether oxygens (including phenoxy) is 2. The number of rotatable bonds is 5. The van der Waals surface area contributed by atoms with Gasteiger partial charge in [-0.15, -0.1) is 13.2 Å². The molecule has 0 spiro atoms. The van der Waals surface area contributed by atoms with E-state index >= 15 is 0 Å². The average Bonchev–Trinajstić information content (AvgIpc) is 2.33. The Bertz CT molecular complexity index is 527. The SMILES string of the molecule is COC(=O)CCc1ccc(OC(F)(F)F)cc1SC(F)(F)F. The highest BCUT2D eigenvalue weighted by atomic mass is 32.2. The number of hydrogen-bond acceptors (Lipinski definition) is 4. The van der Waals surface area contributed by atoms with Crippen molar-refractivity contribution in [2.45, 2.75) is 29.6 Å². The van der Waals surface area contributed by atoms with E-state index in [1.54, 1.807) is 0 Å². The number of hydrogen-bond donors (Lipinski definition) is 0. The van der Waals surface area contributed by atoms with Crippen molar-refractivity contribution in [3.8, 4) is 5.75 Å². The van der Waals surface area contributed by atoms with Crippen molar-refractivity contribution in [1.82, 2.24) is 0 Å². The molecule has 0 unspecified atom stereocenters. The summed E-state index contributed by atoms with van der Waals surface area (Å²) in [7, 11) is 1.12. The molecule has 0 saturated carbocycles. The number of thioether (sulfide) groups is 1. The molecule has 0 radical (unpaired) electrons. The Hall–Kier alpha value is -1.58. The summed E-state index contributed by atoms with van der Waals surface area (Å²) in [6, 6.07) is 2.58. The first kappa shape index (κ1) is 18.5. The molecule has 124 valence electrons. The van der Waals surface area contributed by atoms with E-state index in [1.165, 1.54) is 0 Å². The van der Waals surface area contributed by atoms with Crippen molar-refractivity contribution in [3.05, 3.63) is 23.8 Å². The Kier molecular flexibility index (Phi) is 5.98. The summed E-state index contributed by atoms with van der Waals surface area (Å²) in [5, 5.41) is 0. The molecule has 1 aromatic rings. The Morgan fingerprint density at radius 2 is 1.82 bits per heavy atom. The van der Waals surface area contributed by atoms with Gasteiger partial charge in [0.1, 0.15) is 5.75 Å². The van der Waals surface area contributed by atoms with Crippen LogP contribution in [0.1, 0.15) is 12.0 Å². The number of alkyl halides is 6. The fourth-order valence-corrected chi connectivity index (χ4v) is 2.22. The number of methoxy groups -OCH3 is 1. The quantitative estimate of drug-likeness (QED) is 0.451. The first-order valence-corrected chi connectivity index (χ1v) is 6.53. The normalized spacial score (nSPS) is 12.1. The van der Waals surface area contributed by atoms with Gasteiger partial charge in [0.2, 0.25) is 0 Å². The fourth-order valence-electron chi connectivity index (χ4n) is 1.50. The molecule has 10 heteroatoms. The van der Waals surface area contributed by atoms with E-state index in [0.717, 1.165) is 19.2 Å². The second kappa shape index (κ2) is 7.12. The highest BCUT2D eigenvalue weighted by molar-refractivity contribution is 8.00. The summed E-state index contributed by atoms with van der Waals surface area (Å²) in [5.74, 6) is -1.40. The van der Waals surface area contributed by atoms with Gasteiger partial charge in [-0.05, 0) is 35.9 Å². The van der Waals surface area contributed by atoms with E-state index in [9.17, 15) is 31.1 Å². The number of esters is 1. The van der Waals surface area contributed by atoms with E-state index in [-0.39, 0.29) is 18.4 Å². The monoisotopic (exact) mass is 348 g/mol. The third kappa shape index (κ3) is 6.92. The lowest BCUT2D eigenvalue weighted by Gasteiger charge is -2.14. The van der Waals surface area contributed by atoms with E-state index < -0.39 is 40.2 Å². The van der Waals surface area contributed by atoms with Crippen molar-refractivity contribution in [1.29, 1.82) is 0 Å². The van der Waals surface area contributed by atoms with Gasteiger partial charge in [-0.1, -0.05) is 6.07 Å². The number of carbonyl (C=O) groups excluding carboxylic acids is 1. The second-order valence-corrected chi connectivity index (χ2v) is 5.05. The summed E-state index contributed by atoms with van der Waals surface area (Å²) in [5.41, 5.74) is -4.61. The van der Waals surface area contributed by atoms with Crippen LogP contribution in [0.15, 0.2) is 23.1 Å². The van der Waals surface area contributed by atoms with Gasteiger partial charge in [0, 0.05) is 11.3 Å². The maximum atomic E-state index is 12.5. The van der Waals surface area contributed by atoms with Crippen LogP contribution in [0.2, 0.25) is 0 Å². The molecule has 0 atom stereocenters. The molecule has 1 aromatic carbocycles. The van der Waals surface area contributed by atoms with Crippen LogP contribution in [0.3, 0.4) is 0 Å². The lowest BCUT2D eigenvalue weighted by molar-refractivity contribution is -0.274. The molecule has 0 aromatic heterocycles. The molecule has 1 rings (SSSR count). The summed E-state index contributed by atoms with van der Waals surface area (Å²) in [4.78, 5) is 10.6. The van der Waals surface area contributed by atoms with Crippen LogP contribution < -0.4 is 4.74 Å². The maximum Gasteiger partial charge on any atom is 0.573 e. The minimum Gasteiger partial charge on any atom is -0.469 e. The van der Waals surface area contributed by atoms with Gasteiger partial charge in [0.05, 0.1) is 7.11 Å². The van der Waals surface area contributed by atoms with Crippen molar-refractivity contribution >= 4 is 17.7 Å². The first-order chi connectivity index (χ1) is 10.00. The second-order valence-electron chi connectivity index (χ2n) is 3.94. The standard InChI is InChI=1S/C12H10F6O3S/c1-20-10(19)5-3-7-2-4-8(21-11(13,14)15)6-9(7)22-12(16,17)18/h2,4,6H,3,5H2,1H3. The maximum absolute atomic E-state index is 12.5. The topological polar surface area (TPSA) is 35.5 Å². The summed E-state index contributed by atoms with van der Waals surface area (Å²) in [6.07, 6.45) is -5.30. The molecule has 22 heavy (non-hydrogen) atoms. The lowest BCUT2D eigenvalue weighted by atomic mass is 10.1. The Morgan fingerprint density at radius 1 is 1.18 bits per heavy atom. The van der Waals surface area contributed by atoms with Gasteiger partial charge in [0.25, 0.3) is 0 Å². The molecule has 0 amide bonds. The zero-order chi connectivity index (χ0) is 17.0. The molecule has 0 bridgehead atoms. The molecule has 0 aliphatic rings. The average molecular weight is 348 g/mol. The first-order valence-electron chi connectivity index (χ1n) is 5.71. The summed E-state index contributed by atoms with van der Waals surface area (Å²) < 4.78 is 81.6. The van der Waals surface area contributed by atoms with Crippen molar-refractivity contribution < 1.29 is 40.6 Å². The Balaban J connectivity index is 3.01. The van der Waals surface area contributed by atoms with Crippen LogP contribution >= 0.6 is 11.8 Å². The largest absolute Gasteiger partial charge is 0.573 e. The third-order valence-corrected chi connectivity index (χ3v) is 3.16. The summed E-state index contributed by atoms with van der Waals surface area (Å²) in [6.45, 7) is 0. The Morgan fingerprint density at radius 3 is 2.32 bits per heavy atom. The van der Waals surface area contributed by atoms with Gasteiger partial charge in [-0.2, -0.15) is 13.2 Å². The van der Waals surface area contributed by atoms with Crippen LogP contribution in [0, 0.1) is 0 Å². The van der Waals surface area contributed by atoms with Crippen LogP contribution in [0.4, 0.5) is 26.3 Å². The zero-order valence-electron chi connectivity index (χ0n) is 11.0. The van der Waals surface area contributed by atoms with E-state index in [1.807, 2.05) is 0 Å². The third-order valence-electron chi connectivity index (χ3n) is 2.32. The molecule has 0 fully saturated rings. The molecule has 0 N–H and O–H groups in total. The van der Waals surface area contributed by atoms with Gasteiger partial charge in [0.15, 0.2) is 0 Å².